The van der Waals surface area contributed by atoms with Gasteiger partial charge in [-0.05, 0) is 57.2 Å². The number of anilines is 1. The van der Waals surface area contributed by atoms with Crippen molar-refractivity contribution in [1.29, 1.82) is 0 Å². The molecule has 1 aliphatic heterocycles. The summed E-state index contributed by atoms with van der Waals surface area (Å²) in [6, 6.07) is 5.95. The van der Waals surface area contributed by atoms with Crippen LogP contribution < -0.4 is 10.9 Å². The van der Waals surface area contributed by atoms with Crippen molar-refractivity contribution in [1.82, 2.24) is 9.55 Å². The highest BCUT2D eigenvalue weighted by molar-refractivity contribution is 7.99. The predicted octanol–water partition coefficient (Wildman–Crippen LogP) is 4.86. The van der Waals surface area contributed by atoms with Gasteiger partial charge in [0.1, 0.15) is 4.83 Å². The number of hydrogen-bond acceptors (Lipinski definition) is 6. The Bertz CT molecular complexity index is 1210. The van der Waals surface area contributed by atoms with Gasteiger partial charge in [0.15, 0.2) is 5.16 Å². The fourth-order valence-corrected chi connectivity index (χ4v) is 6.15. The summed E-state index contributed by atoms with van der Waals surface area (Å²) < 4.78 is 7.52. The van der Waals surface area contributed by atoms with Crippen molar-refractivity contribution in [2.45, 2.75) is 64.8 Å². The lowest BCUT2D eigenvalue weighted by molar-refractivity contribution is -0.113. The number of fused-ring (bicyclic) bond motifs is 1. The van der Waals surface area contributed by atoms with Crippen molar-refractivity contribution < 1.29 is 9.53 Å². The molecular formula is C24H29N3O3S2. The highest BCUT2D eigenvalue weighted by atomic mass is 32.2. The summed E-state index contributed by atoms with van der Waals surface area (Å²) in [4.78, 5) is 32.9. The van der Waals surface area contributed by atoms with E-state index in [9.17, 15) is 9.59 Å². The Labute approximate surface area is 196 Å². The second-order valence-corrected chi connectivity index (χ2v) is 10.4. The number of nitrogens with zero attached hydrogens (tertiary/aromatic N) is 2. The molecule has 1 fully saturated rings. The van der Waals surface area contributed by atoms with E-state index in [0.29, 0.717) is 11.7 Å². The lowest BCUT2D eigenvalue weighted by atomic mass is 10.1. The first kappa shape index (κ1) is 23.0. The second-order valence-electron chi connectivity index (χ2n) is 8.27. The van der Waals surface area contributed by atoms with E-state index in [4.69, 9.17) is 9.72 Å². The van der Waals surface area contributed by atoms with Gasteiger partial charge in [-0.2, -0.15) is 0 Å². The zero-order valence-corrected chi connectivity index (χ0v) is 20.6. The van der Waals surface area contributed by atoms with Gasteiger partial charge in [0.2, 0.25) is 5.91 Å². The van der Waals surface area contributed by atoms with Gasteiger partial charge in [-0.25, -0.2) is 4.98 Å². The van der Waals surface area contributed by atoms with Gasteiger partial charge in [0.05, 0.1) is 23.8 Å². The van der Waals surface area contributed by atoms with E-state index in [1.807, 2.05) is 39.0 Å². The van der Waals surface area contributed by atoms with Gasteiger partial charge in [0.25, 0.3) is 5.56 Å². The molecule has 1 unspecified atom stereocenters. The van der Waals surface area contributed by atoms with Crippen molar-refractivity contribution >= 4 is 44.9 Å². The molecular weight excluding hydrogens is 442 g/mol. The van der Waals surface area contributed by atoms with Crippen LogP contribution in [0.25, 0.3) is 10.2 Å². The Morgan fingerprint density at radius 3 is 2.84 bits per heavy atom. The fraction of sp³-hybridized carbons (Fsp3) is 0.458. The third kappa shape index (κ3) is 4.77. The lowest BCUT2D eigenvalue weighted by Crippen LogP contribution is -2.29. The van der Waals surface area contributed by atoms with Crippen molar-refractivity contribution in [3.8, 4) is 0 Å². The summed E-state index contributed by atoms with van der Waals surface area (Å²) in [6.45, 7) is 9.32. The Morgan fingerprint density at radius 2 is 2.16 bits per heavy atom. The molecule has 6 nitrogen and oxygen atoms in total. The average molecular weight is 472 g/mol. The van der Waals surface area contributed by atoms with Crippen molar-refractivity contribution in [2.75, 3.05) is 17.7 Å². The van der Waals surface area contributed by atoms with E-state index in [2.05, 4.69) is 12.2 Å². The minimum Gasteiger partial charge on any atom is -0.376 e. The third-order valence-electron chi connectivity index (χ3n) is 5.83. The number of nitrogens with one attached hydrogen (secondary N) is 1. The van der Waals surface area contributed by atoms with Crippen LogP contribution in [0.3, 0.4) is 0 Å². The van der Waals surface area contributed by atoms with Gasteiger partial charge in [-0.3, -0.25) is 14.2 Å². The maximum absolute atomic E-state index is 13.5. The number of carbonyl (C=O) groups is 1. The number of amides is 1. The molecule has 1 saturated heterocycles. The molecule has 8 heteroatoms. The third-order valence-corrected chi connectivity index (χ3v) is 7.85. The van der Waals surface area contributed by atoms with Crippen molar-refractivity contribution in [2.24, 2.45) is 0 Å². The van der Waals surface area contributed by atoms with Crippen molar-refractivity contribution in [3.05, 3.63) is 50.1 Å². The maximum atomic E-state index is 13.5. The van der Waals surface area contributed by atoms with Crippen LogP contribution in [0.4, 0.5) is 5.69 Å². The molecule has 170 valence electrons. The van der Waals surface area contributed by atoms with Crippen LogP contribution in [0.5, 0.6) is 0 Å². The molecule has 32 heavy (non-hydrogen) atoms. The average Bonchev–Trinajstić information content (AvgIpc) is 3.37. The number of hydrogen-bond donors (Lipinski definition) is 1. The monoisotopic (exact) mass is 471 g/mol. The zero-order chi connectivity index (χ0) is 22.8. The summed E-state index contributed by atoms with van der Waals surface area (Å²) in [6.07, 6.45) is 2.76. The molecule has 0 bridgehead atoms. The van der Waals surface area contributed by atoms with E-state index in [1.165, 1.54) is 11.8 Å². The summed E-state index contributed by atoms with van der Waals surface area (Å²) in [7, 11) is 0. The molecule has 3 aromatic rings. The molecule has 0 saturated carbocycles. The van der Waals surface area contributed by atoms with Crippen LogP contribution in [0.15, 0.2) is 28.2 Å². The lowest BCUT2D eigenvalue weighted by Gasteiger charge is -2.16. The molecule has 1 aromatic carbocycles. The van der Waals surface area contributed by atoms with Crippen LogP contribution in [0.1, 0.15) is 41.3 Å². The van der Waals surface area contributed by atoms with E-state index in [-0.39, 0.29) is 23.3 Å². The standard InChI is InChI=1S/C24H29N3O3S2/c1-5-18-16(4)32-22-21(18)23(29)27(12-17-7-6-10-30-17)24(26-22)31-13-20(28)25-19-9-8-14(2)11-15(19)3/h8-9,11,17H,5-7,10,12-13H2,1-4H3,(H,25,28). The highest BCUT2D eigenvalue weighted by Crippen LogP contribution is 2.30. The molecule has 2 aromatic heterocycles. The van der Waals surface area contributed by atoms with Crippen LogP contribution in [-0.4, -0.2) is 33.9 Å². The smallest absolute Gasteiger partial charge is 0.263 e. The number of carbonyl (C=O) groups excluding carboxylic acids is 1. The first-order valence-electron chi connectivity index (χ1n) is 11.0. The SMILES string of the molecule is CCc1c(C)sc2nc(SCC(=O)Nc3ccc(C)cc3C)n(CC3CCCO3)c(=O)c12. The predicted molar refractivity (Wildman–Crippen MR) is 132 cm³/mol. The molecule has 0 radical (unpaired) electrons. The minimum atomic E-state index is -0.114. The summed E-state index contributed by atoms with van der Waals surface area (Å²) >= 11 is 2.86. The Hall–Kier alpha value is -2.16. The Kier molecular flexibility index (Phi) is 7.02. The quantitative estimate of drug-likeness (QED) is 0.394. The molecule has 0 aliphatic carbocycles. The number of aromatic nitrogens is 2. The largest absolute Gasteiger partial charge is 0.376 e. The first-order chi connectivity index (χ1) is 15.4. The number of rotatable bonds is 7. The van der Waals surface area contributed by atoms with Crippen LogP contribution in [0.2, 0.25) is 0 Å². The highest BCUT2D eigenvalue weighted by Gasteiger charge is 2.23. The van der Waals surface area contributed by atoms with Gasteiger partial charge < -0.3 is 10.1 Å². The Morgan fingerprint density at radius 1 is 1.34 bits per heavy atom. The van der Waals surface area contributed by atoms with Crippen LogP contribution in [-0.2, 0) is 22.5 Å². The van der Waals surface area contributed by atoms with Gasteiger partial charge in [-0.15, -0.1) is 11.3 Å². The van der Waals surface area contributed by atoms with Gasteiger partial charge >= 0.3 is 0 Å². The zero-order valence-electron chi connectivity index (χ0n) is 19.0. The van der Waals surface area contributed by atoms with Crippen LogP contribution >= 0.6 is 23.1 Å². The number of thiophene rings is 1. The first-order valence-corrected chi connectivity index (χ1v) is 12.8. The minimum absolute atomic E-state index is 0.0140. The Balaban J connectivity index is 1.61. The van der Waals surface area contributed by atoms with E-state index < -0.39 is 0 Å². The molecule has 1 aliphatic rings. The molecule has 0 spiro atoms. The van der Waals surface area contributed by atoms with Crippen molar-refractivity contribution in [3.63, 3.8) is 0 Å². The van der Waals surface area contributed by atoms with E-state index >= 15 is 0 Å². The maximum Gasteiger partial charge on any atom is 0.263 e. The van der Waals surface area contributed by atoms with E-state index in [1.54, 1.807) is 15.9 Å². The molecule has 1 N–H and O–H groups in total. The number of benzene rings is 1. The second kappa shape index (κ2) is 9.77. The number of aryl methyl sites for hydroxylation is 4. The molecule has 3 heterocycles. The summed E-state index contributed by atoms with van der Waals surface area (Å²) in [5.41, 5.74) is 4.04. The summed E-state index contributed by atoms with van der Waals surface area (Å²) in [5, 5.41) is 4.28. The van der Waals surface area contributed by atoms with Gasteiger partial charge in [0, 0.05) is 17.2 Å². The number of thioether (sulfide) groups is 1. The van der Waals surface area contributed by atoms with Gasteiger partial charge in [-0.1, -0.05) is 36.4 Å². The van der Waals surface area contributed by atoms with Crippen LogP contribution in [0, 0.1) is 20.8 Å². The fourth-order valence-electron chi connectivity index (χ4n) is 4.19. The normalized spacial score (nSPS) is 16.1. The molecule has 1 amide bonds. The topological polar surface area (TPSA) is 73.2 Å². The summed E-state index contributed by atoms with van der Waals surface area (Å²) in [5.74, 6) is 0.0680. The molecule has 1 atom stereocenters. The molecule has 4 rings (SSSR count). The number of ether oxygens (including phenoxy) is 1. The van der Waals surface area contributed by atoms with E-state index in [0.717, 1.165) is 63.3 Å².